The Labute approximate surface area is 145 Å². The van der Waals surface area contributed by atoms with Gasteiger partial charge in [-0.15, -0.1) is 0 Å². The van der Waals surface area contributed by atoms with Crippen molar-refractivity contribution in [3.8, 4) is 5.75 Å². The van der Waals surface area contributed by atoms with Crippen LogP contribution in [0.3, 0.4) is 0 Å². The normalized spacial score (nSPS) is 10.8. The van der Waals surface area contributed by atoms with Crippen LogP contribution in [0.2, 0.25) is 5.02 Å². The predicted molar refractivity (Wildman–Crippen MR) is 93.5 cm³/mol. The number of aromatic nitrogens is 2. The molecule has 0 bridgehead atoms. The molecule has 0 radical (unpaired) electrons. The maximum absolute atomic E-state index is 12.0. The van der Waals surface area contributed by atoms with E-state index in [1.165, 1.54) is 0 Å². The Morgan fingerprint density at radius 2 is 2.04 bits per heavy atom. The Balaban J connectivity index is 1.57. The average Bonchev–Trinajstić information content (AvgIpc) is 2.94. The van der Waals surface area contributed by atoms with Gasteiger partial charge in [0.1, 0.15) is 11.4 Å². The summed E-state index contributed by atoms with van der Waals surface area (Å²) >= 11 is 5.94. The number of hydrogen-bond acceptors (Lipinski definition) is 3. The molecule has 0 unspecified atom stereocenters. The Bertz CT molecular complexity index is 869. The number of amides is 1. The number of halogens is 1. The van der Waals surface area contributed by atoms with Gasteiger partial charge in [0.05, 0.1) is 12.2 Å². The summed E-state index contributed by atoms with van der Waals surface area (Å²) in [5.41, 5.74) is 3.54. The molecule has 2 heterocycles. The maximum atomic E-state index is 12.0. The number of para-hydroxylation sites is 1. The number of benzene rings is 1. The van der Waals surface area contributed by atoms with E-state index >= 15 is 0 Å². The minimum atomic E-state index is -0.187. The third kappa shape index (κ3) is 3.68. The number of ether oxygens (including phenoxy) is 1. The van der Waals surface area contributed by atoms with Crippen molar-refractivity contribution < 1.29 is 9.53 Å². The van der Waals surface area contributed by atoms with Gasteiger partial charge >= 0.3 is 0 Å². The standard InChI is InChI=1S/C18H18ClN3O2/c1-12-4-3-5-13(2)18(12)24-11-17(23)20-9-15-10-22-7-6-14(19)8-16(22)21-15/h3-8,10H,9,11H2,1-2H3,(H,20,23). The van der Waals surface area contributed by atoms with E-state index in [-0.39, 0.29) is 12.5 Å². The molecule has 0 aliphatic heterocycles. The lowest BCUT2D eigenvalue weighted by molar-refractivity contribution is -0.123. The molecule has 0 atom stereocenters. The van der Waals surface area contributed by atoms with Gasteiger partial charge in [-0.3, -0.25) is 4.79 Å². The highest BCUT2D eigenvalue weighted by atomic mass is 35.5. The van der Waals surface area contributed by atoms with Gasteiger partial charge in [0.15, 0.2) is 6.61 Å². The lowest BCUT2D eigenvalue weighted by atomic mass is 10.1. The number of carbonyl (C=O) groups is 1. The monoisotopic (exact) mass is 343 g/mol. The fourth-order valence-corrected chi connectivity index (χ4v) is 2.65. The molecule has 0 fully saturated rings. The zero-order chi connectivity index (χ0) is 17.1. The van der Waals surface area contributed by atoms with Crippen LogP contribution < -0.4 is 10.1 Å². The van der Waals surface area contributed by atoms with Crippen molar-refractivity contribution in [1.82, 2.24) is 14.7 Å². The number of nitrogens with one attached hydrogen (secondary N) is 1. The molecule has 124 valence electrons. The first kappa shape index (κ1) is 16.3. The predicted octanol–water partition coefficient (Wildman–Crippen LogP) is 3.30. The van der Waals surface area contributed by atoms with Crippen LogP contribution in [-0.4, -0.2) is 21.9 Å². The number of pyridine rings is 1. The van der Waals surface area contributed by atoms with Crippen molar-refractivity contribution in [2.24, 2.45) is 0 Å². The highest BCUT2D eigenvalue weighted by molar-refractivity contribution is 6.30. The van der Waals surface area contributed by atoms with Crippen molar-refractivity contribution in [2.75, 3.05) is 6.61 Å². The minimum Gasteiger partial charge on any atom is -0.483 e. The SMILES string of the molecule is Cc1cccc(C)c1OCC(=O)NCc1cn2ccc(Cl)cc2n1. The van der Waals surface area contributed by atoms with Crippen LogP contribution in [0.4, 0.5) is 0 Å². The summed E-state index contributed by atoms with van der Waals surface area (Å²) in [7, 11) is 0. The van der Waals surface area contributed by atoms with Crippen LogP contribution in [0.15, 0.2) is 42.7 Å². The number of carbonyl (C=O) groups excluding carboxylic acids is 1. The minimum absolute atomic E-state index is 0.0229. The molecule has 24 heavy (non-hydrogen) atoms. The van der Waals surface area contributed by atoms with Crippen LogP contribution in [0.25, 0.3) is 5.65 Å². The topological polar surface area (TPSA) is 55.6 Å². The summed E-state index contributed by atoms with van der Waals surface area (Å²) in [6.07, 6.45) is 3.69. The van der Waals surface area contributed by atoms with Gasteiger partial charge in [-0.05, 0) is 37.1 Å². The number of imidazole rings is 1. The largest absolute Gasteiger partial charge is 0.483 e. The van der Waals surface area contributed by atoms with Gasteiger partial charge in [0.25, 0.3) is 5.91 Å². The lowest BCUT2D eigenvalue weighted by Crippen LogP contribution is -2.28. The van der Waals surface area contributed by atoms with E-state index in [0.717, 1.165) is 28.2 Å². The fraction of sp³-hybridized carbons (Fsp3) is 0.222. The molecule has 1 aromatic carbocycles. The van der Waals surface area contributed by atoms with Crippen LogP contribution in [-0.2, 0) is 11.3 Å². The zero-order valence-electron chi connectivity index (χ0n) is 13.5. The van der Waals surface area contributed by atoms with E-state index in [1.54, 1.807) is 12.1 Å². The van der Waals surface area contributed by atoms with E-state index < -0.39 is 0 Å². The molecule has 1 amide bonds. The molecule has 6 heteroatoms. The Hall–Kier alpha value is -2.53. The molecule has 3 rings (SSSR count). The molecule has 0 aliphatic rings. The Morgan fingerprint density at radius 1 is 1.29 bits per heavy atom. The summed E-state index contributed by atoms with van der Waals surface area (Å²) in [5, 5.41) is 3.44. The second kappa shape index (κ2) is 6.93. The summed E-state index contributed by atoms with van der Waals surface area (Å²) in [6.45, 7) is 4.24. The van der Waals surface area contributed by atoms with Crippen molar-refractivity contribution in [2.45, 2.75) is 20.4 Å². The summed E-state index contributed by atoms with van der Waals surface area (Å²) in [5.74, 6) is 0.572. The lowest BCUT2D eigenvalue weighted by Gasteiger charge is -2.11. The number of fused-ring (bicyclic) bond motifs is 1. The van der Waals surface area contributed by atoms with Crippen LogP contribution in [0, 0.1) is 13.8 Å². The summed E-state index contributed by atoms with van der Waals surface area (Å²) in [4.78, 5) is 16.4. The first-order chi connectivity index (χ1) is 11.5. The van der Waals surface area contributed by atoms with Gasteiger partial charge in [0.2, 0.25) is 0 Å². The van der Waals surface area contributed by atoms with E-state index in [0.29, 0.717) is 11.6 Å². The quantitative estimate of drug-likeness (QED) is 0.773. The van der Waals surface area contributed by atoms with Crippen molar-refractivity contribution >= 4 is 23.2 Å². The summed E-state index contributed by atoms with van der Waals surface area (Å²) < 4.78 is 7.50. The molecule has 0 aliphatic carbocycles. The number of hydrogen-bond donors (Lipinski definition) is 1. The average molecular weight is 344 g/mol. The second-order valence-corrected chi connectivity index (χ2v) is 6.07. The second-order valence-electron chi connectivity index (χ2n) is 5.63. The van der Waals surface area contributed by atoms with Crippen molar-refractivity contribution in [1.29, 1.82) is 0 Å². The molecular formula is C18H18ClN3O2. The van der Waals surface area contributed by atoms with E-state index in [9.17, 15) is 4.79 Å². The fourth-order valence-electron chi connectivity index (χ4n) is 2.50. The molecule has 1 N–H and O–H groups in total. The van der Waals surface area contributed by atoms with Gasteiger partial charge < -0.3 is 14.5 Å². The van der Waals surface area contributed by atoms with Gasteiger partial charge in [-0.25, -0.2) is 4.98 Å². The molecule has 3 aromatic rings. The van der Waals surface area contributed by atoms with E-state index in [1.807, 2.05) is 48.8 Å². The van der Waals surface area contributed by atoms with Gasteiger partial charge in [-0.2, -0.15) is 0 Å². The molecule has 5 nitrogen and oxygen atoms in total. The number of rotatable bonds is 5. The Morgan fingerprint density at radius 3 is 2.79 bits per heavy atom. The third-order valence-electron chi connectivity index (χ3n) is 3.70. The third-order valence-corrected chi connectivity index (χ3v) is 3.93. The Kier molecular flexibility index (Phi) is 4.71. The molecule has 0 saturated heterocycles. The molecule has 0 spiro atoms. The van der Waals surface area contributed by atoms with E-state index in [2.05, 4.69) is 10.3 Å². The van der Waals surface area contributed by atoms with Gasteiger partial charge in [0, 0.05) is 17.4 Å². The van der Waals surface area contributed by atoms with Crippen LogP contribution in [0.1, 0.15) is 16.8 Å². The van der Waals surface area contributed by atoms with Gasteiger partial charge in [-0.1, -0.05) is 29.8 Å². The number of aryl methyl sites for hydroxylation is 2. The van der Waals surface area contributed by atoms with E-state index in [4.69, 9.17) is 16.3 Å². The zero-order valence-corrected chi connectivity index (χ0v) is 14.3. The summed E-state index contributed by atoms with van der Waals surface area (Å²) in [6, 6.07) is 9.45. The highest BCUT2D eigenvalue weighted by Gasteiger charge is 2.08. The smallest absolute Gasteiger partial charge is 0.258 e. The highest BCUT2D eigenvalue weighted by Crippen LogP contribution is 2.22. The molecule has 0 saturated carbocycles. The maximum Gasteiger partial charge on any atom is 0.258 e. The van der Waals surface area contributed by atoms with Crippen LogP contribution in [0.5, 0.6) is 5.75 Å². The van der Waals surface area contributed by atoms with Crippen molar-refractivity contribution in [3.63, 3.8) is 0 Å². The number of nitrogens with zero attached hydrogens (tertiary/aromatic N) is 2. The first-order valence-corrected chi connectivity index (χ1v) is 7.99. The first-order valence-electron chi connectivity index (χ1n) is 7.62. The van der Waals surface area contributed by atoms with Crippen molar-refractivity contribution in [3.05, 3.63) is 64.6 Å². The van der Waals surface area contributed by atoms with Crippen LogP contribution >= 0.6 is 11.6 Å². The molecular weight excluding hydrogens is 326 g/mol. The molecule has 2 aromatic heterocycles.